The summed E-state index contributed by atoms with van der Waals surface area (Å²) in [7, 11) is 1.85. The molecule has 1 aromatic rings. The van der Waals surface area contributed by atoms with Crippen LogP contribution in [0, 0.1) is 5.92 Å². The number of piperidine rings is 1. The number of ether oxygens (including phenoxy) is 1. The van der Waals surface area contributed by atoms with Crippen molar-refractivity contribution in [3.63, 3.8) is 0 Å². The zero-order valence-electron chi connectivity index (χ0n) is 13.7. The molecule has 2 rings (SSSR count). The highest BCUT2D eigenvalue weighted by Crippen LogP contribution is 2.19. The SMILES string of the molecule is C=CCOc1ccccc1CNC(=NC)N1CCC(C)CC1. The fourth-order valence-corrected chi connectivity index (χ4v) is 2.67. The second-order valence-corrected chi connectivity index (χ2v) is 5.78. The first-order valence-corrected chi connectivity index (χ1v) is 8.01. The number of nitrogens with one attached hydrogen (secondary N) is 1. The molecule has 0 aliphatic carbocycles. The zero-order valence-corrected chi connectivity index (χ0v) is 13.7. The van der Waals surface area contributed by atoms with Crippen molar-refractivity contribution in [3.05, 3.63) is 42.5 Å². The number of aliphatic imine (C=N–C) groups is 1. The van der Waals surface area contributed by atoms with Crippen molar-refractivity contribution in [2.75, 3.05) is 26.7 Å². The molecule has 1 aliphatic heterocycles. The predicted octanol–water partition coefficient (Wildman–Crippen LogP) is 3.06. The quantitative estimate of drug-likeness (QED) is 0.516. The van der Waals surface area contributed by atoms with E-state index in [2.05, 4.69) is 34.8 Å². The molecule has 0 unspecified atom stereocenters. The third-order valence-electron chi connectivity index (χ3n) is 4.06. The Bertz CT molecular complexity index is 505. The maximum absolute atomic E-state index is 5.70. The van der Waals surface area contributed by atoms with Crippen LogP contribution < -0.4 is 10.1 Å². The van der Waals surface area contributed by atoms with E-state index in [1.165, 1.54) is 12.8 Å². The maximum atomic E-state index is 5.70. The largest absolute Gasteiger partial charge is 0.489 e. The van der Waals surface area contributed by atoms with E-state index in [0.29, 0.717) is 13.2 Å². The van der Waals surface area contributed by atoms with Gasteiger partial charge in [-0.05, 0) is 24.8 Å². The molecule has 4 nitrogen and oxygen atoms in total. The predicted molar refractivity (Wildman–Crippen MR) is 92.3 cm³/mol. The van der Waals surface area contributed by atoms with Crippen LogP contribution in [-0.2, 0) is 6.54 Å². The Morgan fingerprint density at radius 1 is 1.41 bits per heavy atom. The number of guanidine groups is 1. The van der Waals surface area contributed by atoms with Crippen LogP contribution in [0.25, 0.3) is 0 Å². The van der Waals surface area contributed by atoms with E-state index >= 15 is 0 Å². The van der Waals surface area contributed by atoms with Gasteiger partial charge in [0.05, 0.1) is 0 Å². The summed E-state index contributed by atoms with van der Waals surface area (Å²) >= 11 is 0. The van der Waals surface area contributed by atoms with Gasteiger partial charge in [-0.2, -0.15) is 0 Å². The number of para-hydroxylation sites is 1. The van der Waals surface area contributed by atoms with Gasteiger partial charge in [0.2, 0.25) is 0 Å². The average Bonchev–Trinajstić information content (AvgIpc) is 2.56. The van der Waals surface area contributed by atoms with Crippen LogP contribution in [0.5, 0.6) is 5.75 Å². The van der Waals surface area contributed by atoms with Crippen LogP contribution >= 0.6 is 0 Å². The first-order valence-electron chi connectivity index (χ1n) is 8.01. The monoisotopic (exact) mass is 301 g/mol. The first-order chi connectivity index (χ1) is 10.7. The third kappa shape index (κ3) is 4.52. The van der Waals surface area contributed by atoms with Gasteiger partial charge in [-0.1, -0.05) is 37.8 Å². The lowest BCUT2D eigenvalue weighted by molar-refractivity contribution is 0.273. The molecule has 0 bridgehead atoms. The lowest BCUT2D eigenvalue weighted by Gasteiger charge is -2.33. The lowest BCUT2D eigenvalue weighted by atomic mass is 9.99. The summed E-state index contributed by atoms with van der Waals surface area (Å²) in [6.07, 6.45) is 4.23. The molecule has 0 aromatic heterocycles. The van der Waals surface area contributed by atoms with Gasteiger partial charge in [0.1, 0.15) is 12.4 Å². The zero-order chi connectivity index (χ0) is 15.8. The second-order valence-electron chi connectivity index (χ2n) is 5.78. The third-order valence-corrected chi connectivity index (χ3v) is 4.06. The van der Waals surface area contributed by atoms with Crippen molar-refractivity contribution in [3.8, 4) is 5.75 Å². The Balaban J connectivity index is 1.94. The summed E-state index contributed by atoms with van der Waals surface area (Å²) in [6.45, 7) is 9.41. The molecular formula is C18H27N3O. The molecule has 4 heteroatoms. The lowest BCUT2D eigenvalue weighted by Crippen LogP contribution is -2.45. The van der Waals surface area contributed by atoms with Crippen molar-refractivity contribution in [2.45, 2.75) is 26.3 Å². The summed E-state index contributed by atoms with van der Waals surface area (Å²) in [6, 6.07) is 8.09. The minimum absolute atomic E-state index is 0.524. The normalized spacial score (nSPS) is 16.5. The number of nitrogens with zero attached hydrogens (tertiary/aromatic N) is 2. The topological polar surface area (TPSA) is 36.9 Å². The van der Waals surface area contributed by atoms with E-state index in [-0.39, 0.29) is 0 Å². The van der Waals surface area contributed by atoms with Crippen molar-refractivity contribution in [1.29, 1.82) is 0 Å². The van der Waals surface area contributed by atoms with Gasteiger partial charge < -0.3 is 15.0 Å². The first kappa shape index (κ1) is 16.4. The molecule has 1 aliphatic rings. The molecule has 1 heterocycles. The minimum atomic E-state index is 0.524. The van der Waals surface area contributed by atoms with E-state index in [4.69, 9.17) is 4.74 Å². The summed E-state index contributed by atoms with van der Waals surface area (Å²) in [5, 5.41) is 3.46. The number of hydrogen-bond acceptors (Lipinski definition) is 2. The fraction of sp³-hybridized carbons (Fsp3) is 0.500. The van der Waals surface area contributed by atoms with Crippen molar-refractivity contribution >= 4 is 5.96 Å². The van der Waals surface area contributed by atoms with Gasteiger partial charge in [-0.25, -0.2) is 0 Å². The van der Waals surface area contributed by atoms with E-state index in [1.54, 1.807) is 6.08 Å². The van der Waals surface area contributed by atoms with Crippen molar-refractivity contribution in [1.82, 2.24) is 10.2 Å². The Morgan fingerprint density at radius 3 is 2.82 bits per heavy atom. The van der Waals surface area contributed by atoms with Crippen LogP contribution in [0.1, 0.15) is 25.3 Å². The van der Waals surface area contributed by atoms with Gasteiger partial charge in [0, 0.05) is 32.2 Å². The number of likely N-dealkylation sites (tertiary alicyclic amines) is 1. The standard InChI is InChI=1S/C18H27N3O/c1-4-13-22-17-8-6-5-7-16(17)14-20-18(19-3)21-11-9-15(2)10-12-21/h4-8,15H,1,9-14H2,2-3H3,(H,19,20). The van der Waals surface area contributed by atoms with Gasteiger partial charge in [-0.15, -0.1) is 0 Å². The smallest absolute Gasteiger partial charge is 0.193 e. The van der Waals surface area contributed by atoms with Crippen LogP contribution in [0.15, 0.2) is 41.9 Å². The number of hydrogen-bond donors (Lipinski definition) is 1. The van der Waals surface area contributed by atoms with Gasteiger partial charge in [0.15, 0.2) is 5.96 Å². The molecule has 120 valence electrons. The molecule has 0 saturated carbocycles. The average molecular weight is 301 g/mol. The summed E-state index contributed by atoms with van der Waals surface area (Å²) in [5.41, 5.74) is 1.14. The summed E-state index contributed by atoms with van der Waals surface area (Å²) in [5.74, 6) is 2.70. The molecule has 1 aromatic carbocycles. The molecule has 1 N–H and O–H groups in total. The molecular weight excluding hydrogens is 274 g/mol. The van der Waals surface area contributed by atoms with Crippen molar-refractivity contribution in [2.24, 2.45) is 10.9 Å². The molecule has 0 radical (unpaired) electrons. The highest BCUT2D eigenvalue weighted by atomic mass is 16.5. The van der Waals surface area contributed by atoms with Crippen LogP contribution in [0.4, 0.5) is 0 Å². The molecule has 1 fully saturated rings. The van der Waals surface area contributed by atoms with Gasteiger partial charge in [-0.3, -0.25) is 4.99 Å². The molecule has 0 atom stereocenters. The fourth-order valence-electron chi connectivity index (χ4n) is 2.67. The Hall–Kier alpha value is -1.97. The molecule has 0 spiro atoms. The number of rotatable bonds is 5. The highest BCUT2D eigenvalue weighted by molar-refractivity contribution is 5.80. The van der Waals surface area contributed by atoms with Crippen LogP contribution in [-0.4, -0.2) is 37.6 Å². The second kappa shape index (κ2) is 8.47. The van der Waals surface area contributed by atoms with Crippen LogP contribution in [0.2, 0.25) is 0 Å². The maximum Gasteiger partial charge on any atom is 0.193 e. The molecule has 1 saturated heterocycles. The molecule has 22 heavy (non-hydrogen) atoms. The van der Waals surface area contributed by atoms with Crippen molar-refractivity contribution < 1.29 is 4.74 Å². The summed E-state index contributed by atoms with van der Waals surface area (Å²) < 4.78 is 5.70. The molecule has 0 amide bonds. The highest BCUT2D eigenvalue weighted by Gasteiger charge is 2.18. The van der Waals surface area contributed by atoms with Crippen LogP contribution in [0.3, 0.4) is 0 Å². The summed E-state index contributed by atoms with van der Waals surface area (Å²) in [4.78, 5) is 6.76. The Kier molecular flexibility index (Phi) is 6.31. The minimum Gasteiger partial charge on any atom is -0.489 e. The Morgan fingerprint density at radius 2 is 2.14 bits per heavy atom. The Labute approximate surface area is 133 Å². The van der Waals surface area contributed by atoms with E-state index < -0.39 is 0 Å². The van der Waals surface area contributed by atoms with Gasteiger partial charge >= 0.3 is 0 Å². The van der Waals surface area contributed by atoms with E-state index in [1.807, 2.05) is 25.2 Å². The van der Waals surface area contributed by atoms with E-state index in [9.17, 15) is 0 Å². The van der Waals surface area contributed by atoms with Gasteiger partial charge in [0.25, 0.3) is 0 Å². The van der Waals surface area contributed by atoms with E-state index in [0.717, 1.165) is 36.3 Å². The number of benzene rings is 1.